The maximum Gasteiger partial charge on any atom is 0.161 e. The van der Waals surface area contributed by atoms with Crippen LogP contribution in [-0.4, -0.2) is 11.2 Å². The van der Waals surface area contributed by atoms with E-state index in [0.717, 1.165) is 28.1 Å². The highest BCUT2D eigenvalue weighted by Crippen LogP contribution is 2.24. The van der Waals surface area contributed by atoms with Crippen LogP contribution in [0.5, 0.6) is 0 Å². The molecule has 2 nitrogen and oxygen atoms in total. The first-order valence-electron chi connectivity index (χ1n) is 9.07. The first-order valence-corrected chi connectivity index (χ1v) is 9.07. The zero-order valence-corrected chi connectivity index (χ0v) is 16.6. The van der Waals surface area contributed by atoms with Crippen molar-refractivity contribution < 1.29 is 8.78 Å². The predicted octanol–water partition coefficient (Wildman–Crippen LogP) is 6.41. The molecule has 0 spiro atoms. The summed E-state index contributed by atoms with van der Waals surface area (Å²) in [6, 6.07) is 6.96. The van der Waals surface area contributed by atoms with Gasteiger partial charge in [-0.1, -0.05) is 25.1 Å². The Morgan fingerprint density at radius 1 is 1.22 bits per heavy atom. The second-order valence-corrected chi connectivity index (χ2v) is 6.94. The Balaban J connectivity index is 2.20. The van der Waals surface area contributed by atoms with E-state index in [0.29, 0.717) is 12.0 Å². The first kappa shape index (κ1) is 20.7. The molecule has 0 aliphatic heterocycles. The van der Waals surface area contributed by atoms with Crippen LogP contribution in [0.2, 0.25) is 0 Å². The average Bonchev–Trinajstić information content (AvgIpc) is 2.63. The third kappa shape index (κ3) is 5.43. The summed E-state index contributed by atoms with van der Waals surface area (Å²) in [5.74, 6) is -1.43. The number of hydrogen-bond acceptors (Lipinski definition) is 2. The van der Waals surface area contributed by atoms with Crippen molar-refractivity contribution in [1.29, 1.82) is 0 Å². The molecule has 1 unspecified atom stereocenters. The van der Waals surface area contributed by atoms with Gasteiger partial charge in [0.25, 0.3) is 0 Å². The fourth-order valence-electron chi connectivity index (χ4n) is 2.88. The number of halogens is 2. The first-order chi connectivity index (χ1) is 12.8. The van der Waals surface area contributed by atoms with Crippen LogP contribution in [0, 0.1) is 18.6 Å². The Bertz CT molecular complexity index is 851. The van der Waals surface area contributed by atoms with Gasteiger partial charge in [-0.15, -0.1) is 0 Å². The Hall–Kier alpha value is -2.62. The van der Waals surface area contributed by atoms with Gasteiger partial charge in [-0.25, -0.2) is 8.78 Å². The van der Waals surface area contributed by atoms with Gasteiger partial charge in [-0.3, -0.25) is 9.98 Å². The molecule has 0 saturated heterocycles. The zero-order chi connectivity index (χ0) is 20.0. The normalized spacial score (nSPS) is 12.7. The second kappa shape index (κ2) is 9.36. The van der Waals surface area contributed by atoms with E-state index in [1.165, 1.54) is 6.07 Å². The van der Waals surface area contributed by atoms with E-state index >= 15 is 0 Å². The number of aromatic nitrogens is 1. The molecule has 0 fully saturated rings. The van der Waals surface area contributed by atoms with Crippen molar-refractivity contribution in [2.24, 2.45) is 4.99 Å². The van der Waals surface area contributed by atoms with Crippen molar-refractivity contribution in [3.8, 4) is 0 Å². The van der Waals surface area contributed by atoms with Crippen molar-refractivity contribution in [1.82, 2.24) is 4.98 Å². The molecule has 4 heteroatoms. The van der Waals surface area contributed by atoms with Gasteiger partial charge in [-0.05, 0) is 80.5 Å². The van der Waals surface area contributed by atoms with Gasteiger partial charge in [0.1, 0.15) is 0 Å². The molecule has 0 amide bonds. The van der Waals surface area contributed by atoms with Gasteiger partial charge in [0.15, 0.2) is 11.6 Å². The number of benzene rings is 1. The summed E-state index contributed by atoms with van der Waals surface area (Å²) in [7, 11) is 0. The number of pyridine rings is 1. The molecule has 2 rings (SSSR count). The van der Waals surface area contributed by atoms with Crippen LogP contribution < -0.4 is 0 Å². The molecule has 0 aliphatic rings. The highest BCUT2D eigenvalue weighted by molar-refractivity contribution is 5.80. The Morgan fingerprint density at radius 3 is 2.52 bits per heavy atom. The molecule has 0 radical (unpaired) electrons. The maximum atomic E-state index is 13.6. The van der Waals surface area contributed by atoms with Crippen LogP contribution in [0.4, 0.5) is 8.78 Å². The lowest BCUT2D eigenvalue weighted by Gasteiger charge is -2.14. The lowest BCUT2D eigenvalue weighted by Crippen LogP contribution is -2.02. The zero-order valence-electron chi connectivity index (χ0n) is 16.6. The van der Waals surface area contributed by atoms with Gasteiger partial charge in [-0.2, -0.15) is 0 Å². The predicted molar refractivity (Wildman–Crippen MR) is 109 cm³/mol. The van der Waals surface area contributed by atoms with Crippen LogP contribution >= 0.6 is 0 Å². The van der Waals surface area contributed by atoms with Gasteiger partial charge in [0.2, 0.25) is 0 Å². The smallest absolute Gasteiger partial charge is 0.161 e. The van der Waals surface area contributed by atoms with E-state index in [1.807, 2.05) is 51.3 Å². The van der Waals surface area contributed by atoms with Gasteiger partial charge < -0.3 is 0 Å². The summed E-state index contributed by atoms with van der Waals surface area (Å²) in [5.41, 5.74) is 4.91. The number of hydrogen-bond donors (Lipinski definition) is 0. The van der Waals surface area contributed by atoms with Crippen LogP contribution in [0.15, 0.2) is 53.2 Å². The van der Waals surface area contributed by atoms with Crippen LogP contribution in [-0.2, 0) is 6.42 Å². The summed E-state index contributed by atoms with van der Waals surface area (Å²) in [6.07, 6.45) is 8.01. The van der Waals surface area contributed by atoms with Crippen LogP contribution in [0.1, 0.15) is 56.0 Å². The molecule has 1 aromatic heterocycles. The number of aryl methyl sites for hydroxylation is 1. The minimum Gasteiger partial charge on any atom is -0.255 e. The Kier molecular flexibility index (Phi) is 7.17. The molecule has 27 heavy (non-hydrogen) atoms. The lowest BCUT2D eigenvalue weighted by atomic mass is 9.93. The highest BCUT2D eigenvalue weighted by atomic mass is 19.2. The van der Waals surface area contributed by atoms with Gasteiger partial charge in [0.05, 0.1) is 11.4 Å². The molecule has 1 heterocycles. The highest BCUT2D eigenvalue weighted by Gasteiger charge is 2.13. The largest absolute Gasteiger partial charge is 0.255 e. The number of nitrogens with zero attached hydrogens (tertiary/aromatic N) is 2. The number of rotatable bonds is 6. The monoisotopic (exact) mass is 368 g/mol. The minimum atomic E-state index is -0.794. The average molecular weight is 368 g/mol. The Morgan fingerprint density at radius 2 is 1.96 bits per heavy atom. The van der Waals surface area contributed by atoms with E-state index in [-0.39, 0.29) is 5.92 Å². The third-order valence-corrected chi connectivity index (χ3v) is 4.37. The van der Waals surface area contributed by atoms with Crippen molar-refractivity contribution in [2.45, 2.75) is 47.0 Å². The lowest BCUT2D eigenvalue weighted by molar-refractivity contribution is 0.501. The summed E-state index contributed by atoms with van der Waals surface area (Å²) in [6.45, 7) is 9.59. The van der Waals surface area contributed by atoms with Crippen molar-refractivity contribution >= 4 is 11.9 Å². The van der Waals surface area contributed by atoms with E-state index in [4.69, 9.17) is 0 Å². The van der Waals surface area contributed by atoms with Gasteiger partial charge >= 0.3 is 0 Å². The van der Waals surface area contributed by atoms with E-state index in [9.17, 15) is 8.78 Å². The topological polar surface area (TPSA) is 25.2 Å². The molecule has 1 aromatic carbocycles. The van der Waals surface area contributed by atoms with E-state index in [1.54, 1.807) is 19.2 Å². The van der Waals surface area contributed by atoms with E-state index < -0.39 is 11.6 Å². The van der Waals surface area contributed by atoms with Crippen molar-refractivity contribution in [2.75, 3.05) is 0 Å². The van der Waals surface area contributed by atoms with E-state index in [2.05, 4.69) is 16.9 Å². The molecule has 0 aliphatic carbocycles. The summed E-state index contributed by atoms with van der Waals surface area (Å²) < 4.78 is 27.1. The molecular weight excluding hydrogens is 342 g/mol. The molecule has 0 bridgehead atoms. The molecule has 0 N–H and O–H groups in total. The molecular formula is C23H26F2N2. The molecule has 2 aromatic rings. The maximum absolute atomic E-state index is 13.6. The fourth-order valence-corrected chi connectivity index (χ4v) is 2.88. The number of allylic oxidation sites excluding steroid dienone is 3. The molecule has 142 valence electrons. The van der Waals surface area contributed by atoms with Crippen LogP contribution in [0.25, 0.3) is 5.70 Å². The molecule has 0 saturated carbocycles. The second-order valence-electron chi connectivity index (χ2n) is 6.94. The molecule has 1 atom stereocenters. The van der Waals surface area contributed by atoms with Crippen LogP contribution in [0.3, 0.4) is 0 Å². The third-order valence-electron chi connectivity index (χ3n) is 4.37. The standard InChI is InChI=1S/C23H26F2N2/c1-6-7-10-26-23(15(2)3)21-9-8-19(14-27-21)16(4)11-18-12-17(5)22(25)20(24)13-18/h6-10,12-14,16H,11H2,1-5H3/b7-6-,26-10-. The van der Waals surface area contributed by atoms with Gasteiger partial charge in [0, 0.05) is 12.4 Å². The summed E-state index contributed by atoms with van der Waals surface area (Å²) in [5, 5.41) is 0. The quantitative estimate of drug-likeness (QED) is 0.541. The Labute approximate surface area is 160 Å². The SMILES string of the molecule is C/C=C\C=N/C(=C(C)C)c1ccc(C(C)Cc2cc(C)c(F)c(F)c2)cn1. The summed E-state index contributed by atoms with van der Waals surface area (Å²) in [4.78, 5) is 9.04. The minimum absolute atomic E-state index is 0.137. The van der Waals surface area contributed by atoms with Crippen molar-refractivity contribution in [3.63, 3.8) is 0 Å². The fraction of sp³-hybridized carbons (Fsp3) is 0.304. The number of aliphatic imine (C=N–C) groups is 1. The summed E-state index contributed by atoms with van der Waals surface area (Å²) >= 11 is 0. The van der Waals surface area contributed by atoms with Crippen molar-refractivity contribution in [3.05, 3.63) is 82.2 Å².